The summed E-state index contributed by atoms with van der Waals surface area (Å²) in [5, 5.41) is 3.05. The molecule has 1 aliphatic rings. The minimum absolute atomic E-state index is 0.0289. The zero-order valence-electron chi connectivity index (χ0n) is 26.0. The standard InChI is InChI=1S/C35H41F4N3O2/c1-6-41(22-35(37,38)39)21-24-15-17-25(18-16-24)31-28(32(43)40-27-12-8-11-26(20-27)34(3,4)5)13-9-19-42(31)33(44)30-23(2)10-7-14-29(30)36/h7-8,10-12,14-18,20,28,31H,6,9,13,19,21-22H2,1-5H3,(H,40,43)/t28-,31-/m0/s1. The van der Waals surface area contributed by atoms with Crippen molar-refractivity contribution in [2.75, 3.05) is 25.0 Å². The molecule has 3 aromatic rings. The van der Waals surface area contributed by atoms with Crippen LogP contribution < -0.4 is 5.32 Å². The number of hydrogen-bond donors (Lipinski definition) is 1. The van der Waals surface area contributed by atoms with E-state index < -0.39 is 36.4 Å². The van der Waals surface area contributed by atoms with Gasteiger partial charge in [-0.15, -0.1) is 0 Å². The number of carbonyl (C=O) groups excluding carboxylic acids is 2. The molecule has 9 heteroatoms. The van der Waals surface area contributed by atoms with Crippen molar-refractivity contribution in [2.45, 2.75) is 71.6 Å². The summed E-state index contributed by atoms with van der Waals surface area (Å²) in [5.74, 6) is -2.01. The molecule has 0 saturated carbocycles. The van der Waals surface area contributed by atoms with E-state index in [1.54, 1.807) is 55.1 Å². The molecule has 1 saturated heterocycles. The van der Waals surface area contributed by atoms with Gasteiger partial charge < -0.3 is 10.2 Å². The van der Waals surface area contributed by atoms with Gasteiger partial charge >= 0.3 is 6.18 Å². The number of alkyl halides is 3. The van der Waals surface area contributed by atoms with Gasteiger partial charge in [0.15, 0.2) is 0 Å². The first-order valence-electron chi connectivity index (χ1n) is 15.0. The first kappa shape index (κ1) is 33.2. The molecule has 0 radical (unpaired) electrons. The van der Waals surface area contributed by atoms with Gasteiger partial charge in [-0.3, -0.25) is 14.5 Å². The van der Waals surface area contributed by atoms with Gasteiger partial charge in [-0.1, -0.05) is 76.2 Å². The van der Waals surface area contributed by atoms with Crippen molar-refractivity contribution < 1.29 is 27.2 Å². The number of piperidine rings is 1. The smallest absolute Gasteiger partial charge is 0.331 e. The van der Waals surface area contributed by atoms with E-state index in [9.17, 15) is 27.2 Å². The maximum Gasteiger partial charge on any atom is 0.401 e. The van der Waals surface area contributed by atoms with Crippen LogP contribution in [0.3, 0.4) is 0 Å². The van der Waals surface area contributed by atoms with E-state index in [0.29, 0.717) is 41.8 Å². The van der Waals surface area contributed by atoms with E-state index in [0.717, 1.165) is 5.56 Å². The summed E-state index contributed by atoms with van der Waals surface area (Å²) in [6.07, 6.45) is -3.25. The van der Waals surface area contributed by atoms with Crippen LogP contribution in [0.1, 0.15) is 79.2 Å². The Morgan fingerprint density at radius 2 is 1.68 bits per heavy atom. The predicted octanol–water partition coefficient (Wildman–Crippen LogP) is 8.05. The second-order valence-electron chi connectivity index (χ2n) is 12.6. The number of rotatable bonds is 8. The summed E-state index contributed by atoms with van der Waals surface area (Å²) in [4.78, 5) is 30.7. The van der Waals surface area contributed by atoms with Gasteiger partial charge in [0, 0.05) is 18.8 Å². The minimum atomic E-state index is -4.31. The van der Waals surface area contributed by atoms with Gasteiger partial charge in [0.1, 0.15) is 5.82 Å². The molecule has 0 bridgehead atoms. The molecule has 2 atom stereocenters. The van der Waals surface area contributed by atoms with Crippen LogP contribution in [0.2, 0.25) is 0 Å². The topological polar surface area (TPSA) is 52.7 Å². The van der Waals surface area contributed by atoms with Crippen molar-refractivity contribution >= 4 is 17.5 Å². The molecule has 1 aliphatic heterocycles. The number of aryl methyl sites for hydroxylation is 1. The molecular weight excluding hydrogens is 570 g/mol. The Bertz CT molecular complexity index is 1440. The molecule has 4 rings (SSSR count). The quantitative estimate of drug-likeness (QED) is 0.262. The van der Waals surface area contributed by atoms with Crippen molar-refractivity contribution in [1.29, 1.82) is 0 Å². The summed E-state index contributed by atoms with van der Waals surface area (Å²) in [6.45, 7) is 9.27. The molecule has 0 spiro atoms. The van der Waals surface area contributed by atoms with Gasteiger partial charge in [0.05, 0.1) is 24.1 Å². The van der Waals surface area contributed by atoms with Crippen molar-refractivity contribution in [1.82, 2.24) is 9.80 Å². The molecule has 44 heavy (non-hydrogen) atoms. The monoisotopic (exact) mass is 611 g/mol. The van der Waals surface area contributed by atoms with Crippen LogP contribution in [-0.4, -0.2) is 47.4 Å². The molecule has 236 valence electrons. The number of carbonyl (C=O) groups is 2. The Labute approximate surface area is 257 Å². The summed E-state index contributed by atoms with van der Waals surface area (Å²) in [5.41, 5.74) is 3.40. The van der Waals surface area contributed by atoms with E-state index in [1.807, 2.05) is 24.3 Å². The van der Waals surface area contributed by atoms with Crippen LogP contribution >= 0.6 is 0 Å². The molecule has 0 aromatic heterocycles. The number of amides is 2. The van der Waals surface area contributed by atoms with Crippen LogP contribution in [0.5, 0.6) is 0 Å². The predicted molar refractivity (Wildman–Crippen MR) is 165 cm³/mol. The van der Waals surface area contributed by atoms with Gasteiger partial charge in [0.25, 0.3) is 5.91 Å². The van der Waals surface area contributed by atoms with Gasteiger partial charge in [0.2, 0.25) is 5.91 Å². The third kappa shape index (κ3) is 8.05. The SMILES string of the molecule is CCN(Cc1ccc([C@H]2[C@@H](C(=O)Nc3cccc(C(C)(C)C)c3)CCCN2C(=O)c2c(C)cccc2F)cc1)CC(F)(F)F. The van der Waals surface area contributed by atoms with E-state index in [2.05, 4.69) is 26.1 Å². The summed E-state index contributed by atoms with van der Waals surface area (Å²) in [6, 6.07) is 18.4. The van der Waals surface area contributed by atoms with E-state index in [4.69, 9.17) is 0 Å². The Kier molecular flexibility index (Phi) is 10.2. The third-order valence-corrected chi connectivity index (χ3v) is 8.24. The van der Waals surface area contributed by atoms with Gasteiger partial charge in [-0.2, -0.15) is 13.2 Å². The summed E-state index contributed by atoms with van der Waals surface area (Å²) < 4.78 is 54.1. The van der Waals surface area contributed by atoms with E-state index >= 15 is 0 Å². The highest BCUT2D eigenvalue weighted by atomic mass is 19.4. The highest BCUT2D eigenvalue weighted by Crippen LogP contribution is 2.39. The number of anilines is 1. The van der Waals surface area contributed by atoms with E-state index in [1.165, 1.54) is 11.0 Å². The number of halogens is 4. The lowest BCUT2D eigenvalue weighted by Crippen LogP contribution is -2.46. The van der Waals surface area contributed by atoms with Gasteiger partial charge in [-0.25, -0.2) is 4.39 Å². The average molecular weight is 612 g/mol. The van der Waals surface area contributed by atoms with E-state index in [-0.39, 0.29) is 30.0 Å². The lowest BCUT2D eigenvalue weighted by molar-refractivity contribution is -0.146. The average Bonchev–Trinajstić information content (AvgIpc) is 2.95. The third-order valence-electron chi connectivity index (χ3n) is 8.24. The maximum atomic E-state index is 15.0. The minimum Gasteiger partial charge on any atom is -0.331 e. The Morgan fingerprint density at radius 1 is 1.00 bits per heavy atom. The maximum absolute atomic E-state index is 15.0. The molecule has 0 aliphatic carbocycles. The second kappa shape index (κ2) is 13.5. The summed E-state index contributed by atoms with van der Waals surface area (Å²) >= 11 is 0. The van der Waals surface area contributed by atoms with Crippen molar-refractivity contribution in [3.63, 3.8) is 0 Å². The zero-order valence-corrected chi connectivity index (χ0v) is 26.0. The molecular formula is C35H41F4N3O2. The number of benzene rings is 3. The molecule has 1 N–H and O–H groups in total. The lowest BCUT2D eigenvalue weighted by Gasteiger charge is -2.41. The molecule has 3 aromatic carbocycles. The fourth-order valence-corrected chi connectivity index (χ4v) is 5.87. The molecule has 0 unspecified atom stereocenters. The number of nitrogens with one attached hydrogen (secondary N) is 1. The molecule has 5 nitrogen and oxygen atoms in total. The highest BCUT2D eigenvalue weighted by Gasteiger charge is 2.40. The van der Waals surface area contributed by atoms with Gasteiger partial charge in [-0.05, 0) is 72.2 Å². The van der Waals surface area contributed by atoms with Crippen LogP contribution in [0.4, 0.5) is 23.2 Å². The van der Waals surface area contributed by atoms with Crippen LogP contribution in [0.25, 0.3) is 0 Å². The summed E-state index contributed by atoms with van der Waals surface area (Å²) in [7, 11) is 0. The molecule has 2 amide bonds. The Balaban J connectivity index is 1.68. The fraction of sp³-hybridized carbons (Fsp3) is 0.429. The van der Waals surface area contributed by atoms with Crippen LogP contribution in [0.15, 0.2) is 66.7 Å². The van der Waals surface area contributed by atoms with Crippen molar-refractivity contribution in [3.05, 3.63) is 100 Å². The number of hydrogen-bond acceptors (Lipinski definition) is 3. The fourth-order valence-electron chi connectivity index (χ4n) is 5.87. The highest BCUT2D eigenvalue weighted by molar-refractivity contribution is 5.98. The molecule has 1 heterocycles. The van der Waals surface area contributed by atoms with Crippen LogP contribution in [0, 0.1) is 18.7 Å². The Hall–Kier alpha value is -3.72. The first-order chi connectivity index (χ1) is 20.7. The lowest BCUT2D eigenvalue weighted by atomic mass is 9.82. The molecule has 1 fully saturated rings. The number of nitrogens with zero attached hydrogens (tertiary/aromatic N) is 2. The van der Waals surface area contributed by atoms with Crippen molar-refractivity contribution in [2.24, 2.45) is 5.92 Å². The second-order valence-corrected chi connectivity index (χ2v) is 12.6. The van der Waals surface area contributed by atoms with Crippen molar-refractivity contribution in [3.8, 4) is 0 Å². The first-order valence-corrected chi connectivity index (χ1v) is 15.0. The largest absolute Gasteiger partial charge is 0.401 e. The Morgan fingerprint density at radius 3 is 2.30 bits per heavy atom. The zero-order chi connectivity index (χ0) is 32.2. The number of likely N-dealkylation sites (tertiary alicyclic amines) is 1. The van der Waals surface area contributed by atoms with Crippen LogP contribution in [-0.2, 0) is 16.8 Å². The normalized spacial score (nSPS) is 17.5.